The number of thiocarbonyl (C=S) groups is 1. The Kier molecular flexibility index (Phi) is 3.03. The maximum Gasteiger partial charge on any atom is 0.235 e. The maximum absolute atomic E-state index is 12.2. The molecule has 3 rings (SSSR count). The van der Waals surface area contributed by atoms with Gasteiger partial charge in [-0.3, -0.25) is 4.79 Å². The van der Waals surface area contributed by atoms with Gasteiger partial charge in [0.05, 0.1) is 11.6 Å². The van der Waals surface area contributed by atoms with Gasteiger partial charge in [-0.15, -0.1) is 0 Å². The zero-order valence-electron chi connectivity index (χ0n) is 10.6. The molecule has 1 aliphatic heterocycles. The van der Waals surface area contributed by atoms with E-state index in [1.165, 1.54) is 11.1 Å². The predicted octanol–water partition coefficient (Wildman–Crippen LogP) is 2.59. The molecular weight excluding hydrogens is 256 g/mol. The number of rotatable bonds is 1. The Morgan fingerprint density at radius 2 is 2.05 bits per heavy atom. The molecule has 1 heterocycles. The number of aliphatic imine (C=N–C) groups is 1. The highest BCUT2D eigenvalue weighted by Crippen LogP contribution is 2.37. The van der Waals surface area contributed by atoms with E-state index in [-0.39, 0.29) is 22.9 Å². The second kappa shape index (κ2) is 4.70. The standard InChI is InChI=1S/C15H14N2OS/c1-9-7-11(10-5-3-2-4-6-10)13-12(8-9)16-15(19)17-14(13)18/h2-6,8,11,13H,7H2,1H3,(H,17,18,19). The van der Waals surface area contributed by atoms with Gasteiger partial charge in [-0.05, 0) is 37.2 Å². The number of fused-ring (bicyclic) bond motifs is 1. The number of benzene rings is 1. The molecule has 96 valence electrons. The molecule has 0 bridgehead atoms. The lowest BCUT2D eigenvalue weighted by molar-refractivity contribution is -0.122. The van der Waals surface area contributed by atoms with Crippen molar-refractivity contribution in [2.45, 2.75) is 19.3 Å². The maximum atomic E-state index is 12.2. The first kappa shape index (κ1) is 12.2. The number of hydrogen-bond donors (Lipinski definition) is 1. The van der Waals surface area contributed by atoms with Crippen molar-refractivity contribution in [3.05, 3.63) is 47.5 Å². The minimum absolute atomic E-state index is 0.0346. The molecule has 0 spiro atoms. The summed E-state index contributed by atoms with van der Waals surface area (Å²) in [5.41, 5.74) is 3.21. The third kappa shape index (κ3) is 2.24. The largest absolute Gasteiger partial charge is 0.301 e. The van der Waals surface area contributed by atoms with Crippen LogP contribution >= 0.6 is 12.2 Å². The Bertz CT molecular complexity index is 604. The first-order valence-corrected chi connectivity index (χ1v) is 6.71. The molecular formula is C15H14N2OS. The van der Waals surface area contributed by atoms with E-state index in [2.05, 4.69) is 29.4 Å². The van der Waals surface area contributed by atoms with Crippen LogP contribution in [0.25, 0.3) is 0 Å². The lowest BCUT2D eigenvalue weighted by Gasteiger charge is -2.33. The van der Waals surface area contributed by atoms with E-state index in [4.69, 9.17) is 12.2 Å². The Morgan fingerprint density at radius 3 is 2.79 bits per heavy atom. The van der Waals surface area contributed by atoms with Gasteiger partial charge in [0, 0.05) is 5.92 Å². The van der Waals surface area contributed by atoms with Gasteiger partial charge in [-0.1, -0.05) is 35.9 Å². The highest BCUT2D eigenvalue weighted by atomic mass is 32.1. The van der Waals surface area contributed by atoms with Crippen molar-refractivity contribution in [3.63, 3.8) is 0 Å². The Balaban J connectivity index is 2.07. The molecule has 0 aromatic heterocycles. The number of amides is 1. The second-order valence-corrected chi connectivity index (χ2v) is 5.41. The van der Waals surface area contributed by atoms with Crippen LogP contribution < -0.4 is 5.32 Å². The van der Waals surface area contributed by atoms with Crippen molar-refractivity contribution in [2.24, 2.45) is 10.9 Å². The molecule has 2 aliphatic rings. The lowest BCUT2D eigenvalue weighted by Crippen LogP contribution is -2.46. The van der Waals surface area contributed by atoms with Crippen molar-refractivity contribution < 1.29 is 4.79 Å². The van der Waals surface area contributed by atoms with E-state index >= 15 is 0 Å². The van der Waals surface area contributed by atoms with Gasteiger partial charge in [0.25, 0.3) is 0 Å². The Morgan fingerprint density at radius 1 is 1.32 bits per heavy atom. The molecule has 1 aliphatic carbocycles. The summed E-state index contributed by atoms with van der Waals surface area (Å²) in [5, 5.41) is 2.94. The summed E-state index contributed by atoms with van der Waals surface area (Å²) >= 11 is 5.00. The van der Waals surface area contributed by atoms with Crippen molar-refractivity contribution in [1.82, 2.24) is 5.32 Å². The van der Waals surface area contributed by atoms with Gasteiger partial charge >= 0.3 is 0 Å². The second-order valence-electron chi connectivity index (χ2n) is 5.02. The van der Waals surface area contributed by atoms with Crippen LogP contribution in [-0.2, 0) is 4.79 Å². The zero-order valence-corrected chi connectivity index (χ0v) is 11.4. The summed E-state index contributed by atoms with van der Waals surface area (Å²) in [6.45, 7) is 2.07. The quantitative estimate of drug-likeness (QED) is 0.797. The summed E-state index contributed by atoms with van der Waals surface area (Å²) in [5.74, 6) is -0.113. The molecule has 0 fully saturated rings. The monoisotopic (exact) mass is 270 g/mol. The van der Waals surface area contributed by atoms with Crippen LogP contribution in [0.1, 0.15) is 24.8 Å². The van der Waals surface area contributed by atoms with E-state index in [0.717, 1.165) is 12.1 Å². The number of nitrogens with zero attached hydrogens (tertiary/aromatic N) is 1. The summed E-state index contributed by atoms with van der Waals surface area (Å²) in [7, 11) is 0. The van der Waals surface area contributed by atoms with Gasteiger partial charge in [-0.2, -0.15) is 0 Å². The van der Waals surface area contributed by atoms with E-state index in [0.29, 0.717) is 0 Å². The molecule has 1 N–H and O–H groups in total. The fourth-order valence-corrected chi connectivity index (χ4v) is 3.04. The summed E-state index contributed by atoms with van der Waals surface area (Å²) < 4.78 is 0. The number of hydrogen-bond acceptors (Lipinski definition) is 2. The highest BCUT2D eigenvalue weighted by Gasteiger charge is 2.38. The number of allylic oxidation sites excluding steroid dienone is 2. The molecule has 2 atom stereocenters. The van der Waals surface area contributed by atoms with Gasteiger partial charge in [-0.25, -0.2) is 4.99 Å². The van der Waals surface area contributed by atoms with Crippen molar-refractivity contribution in [1.29, 1.82) is 0 Å². The van der Waals surface area contributed by atoms with Crippen LogP contribution in [0.4, 0.5) is 0 Å². The number of carbonyl (C=O) groups excluding carboxylic acids is 1. The predicted molar refractivity (Wildman–Crippen MR) is 79.2 cm³/mol. The van der Waals surface area contributed by atoms with Crippen LogP contribution in [0.2, 0.25) is 0 Å². The van der Waals surface area contributed by atoms with Gasteiger partial charge in [0.15, 0.2) is 5.11 Å². The SMILES string of the molecule is CC1=CC2=NC(=S)NC(=O)C2C(c2ccccc2)C1. The molecule has 1 aromatic rings. The third-order valence-electron chi connectivity index (χ3n) is 3.63. The average Bonchev–Trinajstić information content (AvgIpc) is 2.38. The zero-order chi connectivity index (χ0) is 13.4. The molecule has 3 nitrogen and oxygen atoms in total. The fraction of sp³-hybridized carbons (Fsp3) is 0.267. The van der Waals surface area contributed by atoms with E-state index in [9.17, 15) is 4.79 Å². The molecule has 0 saturated carbocycles. The van der Waals surface area contributed by atoms with Crippen LogP contribution in [0.3, 0.4) is 0 Å². The van der Waals surface area contributed by atoms with Crippen molar-refractivity contribution in [2.75, 3.05) is 0 Å². The molecule has 0 saturated heterocycles. The van der Waals surface area contributed by atoms with Crippen LogP contribution in [0, 0.1) is 5.92 Å². The van der Waals surface area contributed by atoms with Gasteiger partial charge in [0.2, 0.25) is 5.91 Å². The third-order valence-corrected chi connectivity index (χ3v) is 3.82. The Hall–Kier alpha value is -1.81. The highest BCUT2D eigenvalue weighted by molar-refractivity contribution is 7.80. The summed E-state index contributed by atoms with van der Waals surface area (Å²) in [4.78, 5) is 16.5. The topological polar surface area (TPSA) is 41.5 Å². The molecule has 19 heavy (non-hydrogen) atoms. The minimum atomic E-state index is -0.224. The molecule has 2 unspecified atom stereocenters. The van der Waals surface area contributed by atoms with Crippen molar-refractivity contribution >= 4 is 28.9 Å². The van der Waals surface area contributed by atoms with E-state index < -0.39 is 0 Å². The molecule has 1 aromatic carbocycles. The normalized spacial score (nSPS) is 26.2. The van der Waals surface area contributed by atoms with E-state index in [1.807, 2.05) is 24.3 Å². The molecule has 4 heteroatoms. The van der Waals surface area contributed by atoms with Gasteiger partial charge < -0.3 is 5.32 Å². The van der Waals surface area contributed by atoms with Gasteiger partial charge in [0.1, 0.15) is 0 Å². The lowest BCUT2D eigenvalue weighted by atomic mass is 9.74. The number of nitrogens with one attached hydrogen (secondary N) is 1. The first-order chi connectivity index (χ1) is 9.15. The summed E-state index contributed by atoms with van der Waals surface area (Å²) in [6, 6.07) is 10.1. The number of carbonyl (C=O) groups is 1. The van der Waals surface area contributed by atoms with Crippen LogP contribution in [-0.4, -0.2) is 16.7 Å². The Labute approximate surface area is 117 Å². The van der Waals surface area contributed by atoms with E-state index in [1.54, 1.807) is 0 Å². The fourth-order valence-electron chi connectivity index (χ4n) is 2.83. The molecule has 1 amide bonds. The van der Waals surface area contributed by atoms with Crippen LogP contribution in [0.15, 0.2) is 47.0 Å². The molecule has 0 radical (unpaired) electrons. The average molecular weight is 270 g/mol. The smallest absolute Gasteiger partial charge is 0.235 e. The van der Waals surface area contributed by atoms with Crippen molar-refractivity contribution in [3.8, 4) is 0 Å². The van der Waals surface area contributed by atoms with Crippen LogP contribution in [0.5, 0.6) is 0 Å². The minimum Gasteiger partial charge on any atom is -0.301 e. The first-order valence-electron chi connectivity index (χ1n) is 6.30. The summed E-state index contributed by atoms with van der Waals surface area (Å²) in [6.07, 6.45) is 2.88.